The summed E-state index contributed by atoms with van der Waals surface area (Å²) in [4.78, 5) is 0. The van der Waals surface area contributed by atoms with E-state index in [-0.39, 0.29) is 42.6 Å². The van der Waals surface area contributed by atoms with Crippen LogP contribution < -0.4 is 29.6 Å². The van der Waals surface area contributed by atoms with Crippen LogP contribution in [0.4, 0.5) is 0 Å². The first-order valence-corrected chi connectivity index (χ1v) is 2.89. The minimum atomic E-state index is -2.35. The third kappa shape index (κ3) is 17.6. The normalized spacial score (nSPS) is 11.6. The Hall–Kier alpha value is 1.03. The monoisotopic (exact) mass is 165 g/mol. The summed E-state index contributed by atoms with van der Waals surface area (Å²) >= 11 is -2.35. The molecule has 0 spiro atoms. The molecule has 6 heteroatoms. The van der Waals surface area contributed by atoms with E-state index < -0.39 is 11.4 Å². The second-order valence-corrected chi connectivity index (χ2v) is 1.95. The second-order valence-electron chi connectivity index (χ2n) is 1.35. The van der Waals surface area contributed by atoms with Crippen molar-refractivity contribution in [1.82, 2.24) is 0 Å². The van der Waals surface area contributed by atoms with Crippen LogP contribution in [0.25, 0.3) is 0 Å². The van der Waals surface area contributed by atoms with E-state index >= 15 is 0 Å². The molecule has 0 saturated carbocycles. The Morgan fingerprint density at radius 1 is 1.67 bits per heavy atom. The Bertz CT molecular complexity index is 80.9. The first-order valence-electron chi connectivity index (χ1n) is 1.89. The smallest absolute Gasteiger partial charge is 1.00 e. The molecule has 0 aliphatic heterocycles. The zero-order valence-electron chi connectivity index (χ0n) is 6.71. The van der Waals surface area contributed by atoms with E-state index in [0.717, 1.165) is 0 Å². The standard InChI is InChI=1S/C3H8O3S.Na.H2O.H/c1-3(2)6-7(4)5;;;/h3H,1-2H3,(H,4,5);;1H2;/q;+1;;-1/p-1. The van der Waals surface area contributed by atoms with Crippen LogP contribution in [0.15, 0.2) is 0 Å². The second kappa shape index (κ2) is 9.03. The summed E-state index contributed by atoms with van der Waals surface area (Å²) in [5, 5.41) is 0. The molecule has 1 unspecified atom stereocenters. The van der Waals surface area contributed by atoms with Gasteiger partial charge < -0.3 is 11.5 Å². The average molecular weight is 165 g/mol. The van der Waals surface area contributed by atoms with Gasteiger partial charge in [0.1, 0.15) is 0 Å². The first-order chi connectivity index (χ1) is 3.13. The van der Waals surface area contributed by atoms with Crippen molar-refractivity contribution in [2.45, 2.75) is 20.0 Å². The summed E-state index contributed by atoms with van der Waals surface area (Å²) in [7, 11) is 0. The summed E-state index contributed by atoms with van der Waals surface area (Å²) < 4.78 is 23.3. The van der Waals surface area contributed by atoms with Crippen LogP contribution in [0.2, 0.25) is 0 Å². The van der Waals surface area contributed by atoms with Gasteiger partial charge in [0.15, 0.2) is 0 Å². The van der Waals surface area contributed by atoms with E-state index in [9.17, 15) is 8.76 Å². The third-order valence-corrected chi connectivity index (χ3v) is 0.813. The fraction of sp³-hybridized carbons (Fsp3) is 1.00. The van der Waals surface area contributed by atoms with Gasteiger partial charge in [-0.05, 0) is 13.8 Å². The molecule has 0 aromatic carbocycles. The van der Waals surface area contributed by atoms with E-state index in [1.54, 1.807) is 13.8 Å². The SMILES string of the molecule is CC(C)OS(=O)[O-].O.[H-].[Na+]. The van der Waals surface area contributed by atoms with Gasteiger partial charge in [0.05, 0.1) is 17.5 Å². The largest absolute Gasteiger partial charge is 1.00 e. The molecule has 9 heavy (non-hydrogen) atoms. The first kappa shape index (κ1) is 16.5. The zero-order chi connectivity index (χ0) is 5.86. The number of hydrogen-bond acceptors (Lipinski definition) is 3. The Kier molecular flexibility index (Phi) is 16.6. The molecule has 0 radical (unpaired) electrons. The zero-order valence-corrected chi connectivity index (χ0v) is 8.53. The summed E-state index contributed by atoms with van der Waals surface area (Å²) in [6, 6.07) is 0. The quantitative estimate of drug-likeness (QED) is 0.314. The van der Waals surface area contributed by atoms with Gasteiger partial charge in [-0.2, -0.15) is 0 Å². The van der Waals surface area contributed by atoms with Crippen molar-refractivity contribution >= 4 is 11.4 Å². The number of rotatable bonds is 2. The molecule has 54 valence electrons. The summed E-state index contributed by atoms with van der Waals surface area (Å²) in [5.41, 5.74) is 0. The van der Waals surface area contributed by atoms with Crippen LogP contribution in [-0.2, 0) is 15.5 Å². The molecule has 0 rings (SSSR count). The molecular weight excluding hydrogens is 155 g/mol. The average Bonchev–Trinajstić information content (AvgIpc) is 1.27. The summed E-state index contributed by atoms with van der Waals surface area (Å²) in [6.07, 6.45) is -0.238. The van der Waals surface area contributed by atoms with Crippen LogP contribution in [0.5, 0.6) is 0 Å². The molecule has 0 aliphatic rings. The van der Waals surface area contributed by atoms with Crippen molar-refractivity contribution in [3.8, 4) is 0 Å². The van der Waals surface area contributed by atoms with Crippen LogP contribution in [-0.4, -0.2) is 20.3 Å². The van der Waals surface area contributed by atoms with Gasteiger partial charge in [0.2, 0.25) is 0 Å². The van der Waals surface area contributed by atoms with Crippen molar-refractivity contribution < 1.29 is 49.4 Å². The predicted octanol–water partition coefficient (Wildman–Crippen LogP) is -3.50. The summed E-state index contributed by atoms with van der Waals surface area (Å²) in [5.74, 6) is 0. The van der Waals surface area contributed by atoms with Crippen LogP contribution in [0.3, 0.4) is 0 Å². The minimum absolute atomic E-state index is 0. The molecule has 0 bridgehead atoms. The van der Waals surface area contributed by atoms with Gasteiger partial charge in [-0.25, -0.2) is 4.21 Å². The van der Waals surface area contributed by atoms with E-state index in [1.165, 1.54) is 0 Å². The van der Waals surface area contributed by atoms with Gasteiger partial charge in [-0.15, -0.1) is 0 Å². The van der Waals surface area contributed by atoms with E-state index in [2.05, 4.69) is 4.18 Å². The van der Waals surface area contributed by atoms with Gasteiger partial charge in [-0.1, -0.05) is 0 Å². The Labute approximate surface area is 80.5 Å². The minimum Gasteiger partial charge on any atom is -1.00 e. The molecule has 1 atom stereocenters. The maximum atomic E-state index is 9.59. The van der Waals surface area contributed by atoms with Gasteiger partial charge in [-0.3, -0.25) is 4.18 Å². The van der Waals surface area contributed by atoms with E-state index in [0.29, 0.717) is 0 Å². The van der Waals surface area contributed by atoms with Crippen molar-refractivity contribution in [2.24, 2.45) is 0 Å². The topological polar surface area (TPSA) is 80.9 Å². The molecule has 0 aromatic rings. The van der Waals surface area contributed by atoms with Crippen LogP contribution in [0.1, 0.15) is 15.3 Å². The molecule has 2 N–H and O–H groups in total. The van der Waals surface area contributed by atoms with Crippen LogP contribution >= 0.6 is 0 Å². The molecule has 0 saturated heterocycles. The molecule has 0 amide bonds. The van der Waals surface area contributed by atoms with E-state index in [1.807, 2.05) is 0 Å². The Morgan fingerprint density at radius 3 is 2.00 bits per heavy atom. The van der Waals surface area contributed by atoms with Crippen molar-refractivity contribution in [1.29, 1.82) is 0 Å². The van der Waals surface area contributed by atoms with Crippen molar-refractivity contribution in [2.75, 3.05) is 0 Å². The van der Waals surface area contributed by atoms with Gasteiger partial charge in [0, 0.05) is 0 Å². The van der Waals surface area contributed by atoms with Gasteiger partial charge >= 0.3 is 29.6 Å². The maximum Gasteiger partial charge on any atom is 1.00 e. The molecule has 0 aromatic heterocycles. The molecule has 0 aliphatic carbocycles. The fourth-order valence-corrected chi connectivity index (χ4v) is 0.471. The molecular formula is C3H10NaO4S-. The Morgan fingerprint density at radius 2 is 2.00 bits per heavy atom. The molecule has 0 heterocycles. The maximum absolute atomic E-state index is 9.59. The molecule has 4 nitrogen and oxygen atoms in total. The van der Waals surface area contributed by atoms with Gasteiger partial charge in [0.25, 0.3) is 0 Å². The molecule has 0 fully saturated rings. The van der Waals surface area contributed by atoms with Crippen molar-refractivity contribution in [3.63, 3.8) is 0 Å². The predicted molar refractivity (Wildman–Crippen MR) is 29.9 cm³/mol. The number of hydrogen-bond donors (Lipinski definition) is 0. The third-order valence-electron chi connectivity index (χ3n) is 0.271. The summed E-state index contributed by atoms with van der Waals surface area (Å²) in [6.45, 7) is 3.30. The van der Waals surface area contributed by atoms with E-state index in [4.69, 9.17) is 0 Å². The fourth-order valence-electron chi connectivity index (χ4n) is 0.157. The Balaban J connectivity index is -0.0000000600. The van der Waals surface area contributed by atoms with Crippen molar-refractivity contribution in [3.05, 3.63) is 0 Å². The van der Waals surface area contributed by atoms with Crippen LogP contribution in [0, 0.1) is 0 Å².